The summed E-state index contributed by atoms with van der Waals surface area (Å²) in [4.78, 5) is 3.96. The van der Waals surface area contributed by atoms with Crippen LogP contribution >= 0.6 is 0 Å². The quantitative estimate of drug-likeness (QED) is 0.627. The van der Waals surface area contributed by atoms with Crippen molar-refractivity contribution in [3.8, 4) is 0 Å². The summed E-state index contributed by atoms with van der Waals surface area (Å²) in [6.45, 7) is 0.658. The van der Waals surface area contributed by atoms with E-state index >= 15 is 0 Å². The van der Waals surface area contributed by atoms with Gasteiger partial charge in [0.2, 0.25) is 0 Å². The first-order valence-electron chi connectivity index (χ1n) is 3.19. The molecule has 10 heavy (non-hydrogen) atoms. The monoisotopic (exact) mass is 136 g/mol. The molecular weight excluding hydrogens is 126 g/mol. The molecule has 0 aliphatic rings. The van der Waals surface area contributed by atoms with E-state index in [1.807, 2.05) is 18.3 Å². The van der Waals surface area contributed by atoms with E-state index in [1.54, 1.807) is 6.20 Å². The molecule has 2 nitrogen and oxygen atoms in total. The Balaban J connectivity index is 2.43. The van der Waals surface area contributed by atoms with Gasteiger partial charge in [-0.15, -0.1) is 0 Å². The van der Waals surface area contributed by atoms with Gasteiger partial charge in [-0.05, 0) is 18.1 Å². The van der Waals surface area contributed by atoms with Crippen molar-refractivity contribution >= 4 is 0 Å². The van der Waals surface area contributed by atoms with Crippen molar-refractivity contribution in [3.63, 3.8) is 0 Å². The van der Waals surface area contributed by atoms with Gasteiger partial charge in [0, 0.05) is 12.4 Å². The first kappa shape index (κ1) is 7.22. The SMILES string of the molecule is [CH2]OCCc1cccnc1. The highest BCUT2D eigenvalue weighted by atomic mass is 16.5. The van der Waals surface area contributed by atoms with Crippen molar-refractivity contribution in [1.29, 1.82) is 0 Å². The van der Waals surface area contributed by atoms with E-state index in [9.17, 15) is 0 Å². The molecule has 2 heteroatoms. The Morgan fingerprint density at radius 1 is 1.60 bits per heavy atom. The third-order valence-electron chi connectivity index (χ3n) is 1.26. The molecule has 0 saturated carbocycles. The van der Waals surface area contributed by atoms with Gasteiger partial charge in [0.25, 0.3) is 0 Å². The number of ether oxygens (including phenoxy) is 1. The lowest BCUT2D eigenvalue weighted by molar-refractivity contribution is 0.246. The molecule has 1 radical (unpaired) electrons. The predicted octanol–water partition coefficient (Wildman–Crippen LogP) is 1.43. The maximum absolute atomic E-state index is 4.67. The second-order valence-electron chi connectivity index (χ2n) is 2.02. The fourth-order valence-electron chi connectivity index (χ4n) is 0.736. The van der Waals surface area contributed by atoms with Crippen LogP contribution in [0.3, 0.4) is 0 Å². The summed E-state index contributed by atoms with van der Waals surface area (Å²) < 4.78 is 4.67. The van der Waals surface area contributed by atoms with Crippen LogP contribution in [0.4, 0.5) is 0 Å². The summed E-state index contributed by atoms with van der Waals surface area (Å²) in [5.41, 5.74) is 1.19. The van der Waals surface area contributed by atoms with Crippen molar-refractivity contribution in [3.05, 3.63) is 37.2 Å². The summed E-state index contributed by atoms with van der Waals surface area (Å²) in [5.74, 6) is 0. The molecule has 0 saturated heterocycles. The highest BCUT2D eigenvalue weighted by Gasteiger charge is 1.88. The van der Waals surface area contributed by atoms with Crippen LogP contribution in [-0.2, 0) is 11.2 Å². The van der Waals surface area contributed by atoms with E-state index in [4.69, 9.17) is 0 Å². The maximum atomic E-state index is 4.67. The minimum absolute atomic E-state index is 0.658. The lowest BCUT2D eigenvalue weighted by atomic mass is 10.2. The van der Waals surface area contributed by atoms with Gasteiger partial charge in [0.1, 0.15) is 0 Å². The first-order chi connectivity index (χ1) is 4.93. The second kappa shape index (κ2) is 4.01. The van der Waals surface area contributed by atoms with E-state index in [0.29, 0.717) is 6.61 Å². The normalized spacial score (nSPS) is 9.70. The van der Waals surface area contributed by atoms with E-state index in [0.717, 1.165) is 6.42 Å². The van der Waals surface area contributed by atoms with E-state index < -0.39 is 0 Å². The molecule has 0 unspecified atom stereocenters. The van der Waals surface area contributed by atoms with E-state index in [-0.39, 0.29) is 0 Å². The van der Waals surface area contributed by atoms with Crippen LogP contribution in [0, 0.1) is 7.11 Å². The molecule has 0 aliphatic heterocycles. The summed E-state index contributed by atoms with van der Waals surface area (Å²) in [5, 5.41) is 0. The van der Waals surface area contributed by atoms with Gasteiger partial charge < -0.3 is 4.74 Å². The fourth-order valence-corrected chi connectivity index (χ4v) is 0.736. The van der Waals surface area contributed by atoms with Gasteiger partial charge in [-0.2, -0.15) is 0 Å². The minimum Gasteiger partial charge on any atom is -0.379 e. The molecule has 1 aromatic heterocycles. The van der Waals surface area contributed by atoms with Gasteiger partial charge in [-0.1, -0.05) is 6.07 Å². The van der Waals surface area contributed by atoms with Crippen LogP contribution in [0.25, 0.3) is 0 Å². The number of pyridine rings is 1. The first-order valence-corrected chi connectivity index (χ1v) is 3.19. The number of aromatic nitrogens is 1. The van der Waals surface area contributed by atoms with Crippen molar-refractivity contribution in [1.82, 2.24) is 4.98 Å². The summed E-state index contributed by atoms with van der Waals surface area (Å²) in [6, 6.07) is 3.93. The predicted molar refractivity (Wildman–Crippen MR) is 39.3 cm³/mol. The molecule has 0 fully saturated rings. The Bertz CT molecular complexity index is 174. The second-order valence-corrected chi connectivity index (χ2v) is 2.02. The number of rotatable bonds is 3. The van der Waals surface area contributed by atoms with Crippen LogP contribution < -0.4 is 0 Å². The molecule has 0 aromatic carbocycles. The highest BCUT2D eigenvalue weighted by Crippen LogP contribution is 1.95. The fraction of sp³-hybridized carbons (Fsp3) is 0.250. The Kier molecular flexibility index (Phi) is 2.90. The van der Waals surface area contributed by atoms with Crippen LogP contribution in [0.1, 0.15) is 5.56 Å². The lowest BCUT2D eigenvalue weighted by Crippen LogP contribution is -1.92. The highest BCUT2D eigenvalue weighted by molar-refractivity contribution is 5.08. The summed E-state index contributed by atoms with van der Waals surface area (Å²) in [6.07, 6.45) is 4.48. The molecule has 1 aromatic rings. The molecule has 1 rings (SSSR count). The van der Waals surface area contributed by atoms with Crippen LogP contribution in [-0.4, -0.2) is 11.6 Å². The zero-order valence-electron chi connectivity index (χ0n) is 5.79. The Morgan fingerprint density at radius 3 is 3.10 bits per heavy atom. The van der Waals surface area contributed by atoms with Gasteiger partial charge >= 0.3 is 0 Å². The van der Waals surface area contributed by atoms with Crippen molar-refractivity contribution < 1.29 is 4.74 Å². The molecule has 1 heterocycles. The molecule has 0 aliphatic carbocycles. The van der Waals surface area contributed by atoms with E-state index in [2.05, 4.69) is 16.8 Å². The Morgan fingerprint density at radius 2 is 2.50 bits per heavy atom. The Labute approximate surface area is 60.9 Å². The standard InChI is InChI=1S/C8H10NO/c1-10-6-4-8-3-2-5-9-7-8/h2-3,5,7H,1,4,6H2. The average Bonchev–Trinajstić information content (AvgIpc) is 2.03. The Hall–Kier alpha value is -0.890. The molecular formula is C8H10NO. The van der Waals surface area contributed by atoms with Crippen molar-refractivity contribution in [2.45, 2.75) is 6.42 Å². The number of hydrogen-bond acceptors (Lipinski definition) is 2. The number of hydrogen-bond donors (Lipinski definition) is 0. The van der Waals surface area contributed by atoms with Crippen molar-refractivity contribution in [2.75, 3.05) is 6.61 Å². The van der Waals surface area contributed by atoms with E-state index in [1.165, 1.54) is 5.56 Å². The van der Waals surface area contributed by atoms with Crippen LogP contribution in [0.2, 0.25) is 0 Å². The molecule has 0 amide bonds. The van der Waals surface area contributed by atoms with Gasteiger partial charge in [-0.3, -0.25) is 4.98 Å². The topological polar surface area (TPSA) is 22.1 Å². The van der Waals surface area contributed by atoms with Crippen molar-refractivity contribution in [2.24, 2.45) is 0 Å². The minimum atomic E-state index is 0.658. The molecule has 0 atom stereocenters. The van der Waals surface area contributed by atoms with Gasteiger partial charge in [-0.25, -0.2) is 0 Å². The smallest absolute Gasteiger partial charge is 0.0700 e. The van der Waals surface area contributed by atoms with Gasteiger partial charge in [0.05, 0.1) is 13.7 Å². The summed E-state index contributed by atoms with van der Waals surface area (Å²) >= 11 is 0. The number of nitrogens with zero attached hydrogens (tertiary/aromatic N) is 1. The van der Waals surface area contributed by atoms with Gasteiger partial charge in [0.15, 0.2) is 0 Å². The lowest BCUT2D eigenvalue weighted by Gasteiger charge is -1.96. The van der Waals surface area contributed by atoms with Crippen LogP contribution in [0.15, 0.2) is 24.5 Å². The maximum Gasteiger partial charge on any atom is 0.0700 e. The average molecular weight is 136 g/mol. The molecule has 53 valence electrons. The third-order valence-corrected chi connectivity index (χ3v) is 1.26. The zero-order chi connectivity index (χ0) is 7.23. The third kappa shape index (κ3) is 2.15. The molecule has 0 spiro atoms. The largest absolute Gasteiger partial charge is 0.379 e. The summed E-state index contributed by atoms with van der Waals surface area (Å²) in [7, 11) is 3.28. The zero-order valence-corrected chi connectivity index (χ0v) is 5.79. The molecule has 0 N–H and O–H groups in total. The molecule has 0 bridgehead atoms. The van der Waals surface area contributed by atoms with Crippen LogP contribution in [0.5, 0.6) is 0 Å².